The number of likely N-dealkylation sites (tertiary alicyclic amines) is 2. The van der Waals surface area contributed by atoms with Crippen LogP contribution in [0.4, 0.5) is 4.79 Å². The molecule has 1 spiro atoms. The lowest BCUT2D eigenvalue weighted by Gasteiger charge is -2.49. The minimum atomic E-state index is -0.162. The van der Waals surface area contributed by atoms with Crippen molar-refractivity contribution in [2.24, 2.45) is 11.3 Å². The van der Waals surface area contributed by atoms with E-state index in [1.807, 2.05) is 35.2 Å². The third kappa shape index (κ3) is 5.15. The Morgan fingerprint density at radius 3 is 2.33 bits per heavy atom. The largest absolute Gasteiger partial charge is 0.445 e. The average Bonchev–Trinajstić information content (AvgIpc) is 2.67. The van der Waals surface area contributed by atoms with Crippen molar-refractivity contribution < 1.29 is 9.53 Å². The predicted molar refractivity (Wildman–Crippen MR) is 109 cm³/mol. The summed E-state index contributed by atoms with van der Waals surface area (Å²) in [5, 5.41) is 3.44. The summed E-state index contributed by atoms with van der Waals surface area (Å²) >= 11 is 0. The first kappa shape index (κ1) is 20.4. The van der Waals surface area contributed by atoms with Gasteiger partial charge in [-0.3, -0.25) is 0 Å². The maximum Gasteiger partial charge on any atom is 0.410 e. The number of nitrogens with one attached hydrogen (secondary N) is 1. The van der Waals surface area contributed by atoms with Gasteiger partial charge in [0, 0.05) is 32.7 Å². The van der Waals surface area contributed by atoms with Gasteiger partial charge in [0.05, 0.1) is 0 Å². The number of nitrogens with zero attached hydrogens (tertiary/aromatic N) is 2. The average molecular weight is 394 g/mol. The van der Waals surface area contributed by atoms with Crippen molar-refractivity contribution in [1.82, 2.24) is 15.1 Å². The molecule has 0 unspecified atom stereocenters. The molecule has 1 amide bonds. The molecule has 1 aromatic carbocycles. The highest BCUT2D eigenvalue weighted by atomic mass is 35.5. The van der Waals surface area contributed by atoms with Crippen LogP contribution in [0.5, 0.6) is 0 Å². The molecule has 3 aliphatic rings. The smallest absolute Gasteiger partial charge is 0.410 e. The maximum atomic E-state index is 12.3. The molecule has 4 rings (SSSR count). The molecular weight excluding hydrogens is 362 g/mol. The Bertz CT molecular complexity index is 591. The molecule has 150 valence electrons. The highest BCUT2D eigenvalue weighted by Crippen LogP contribution is 2.35. The standard InChI is InChI=1S/C21H31N3O2.ClH/c25-20(26-15-19-4-2-1-3-5-19)24-10-6-18(7-11-24)14-23-12-8-21(9-13-23)16-22-17-21;/h1-5,18,22H,6-17H2;1H. The van der Waals surface area contributed by atoms with E-state index in [0.717, 1.165) is 37.4 Å². The quantitative estimate of drug-likeness (QED) is 0.853. The molecule has 1 N–H and O–H groups in total. The Labute approximate surface area is 168 Å². The summed E-state index contributed by atoms with van der Waals surface area (Å²) in [5.41, 5.74) is 1.67. The second-order valence-corrected chi connectivity index (χ2v) is 8.37. The lowest BCUT2D eigenvalue weighted by molar-refractivity contribution is 0.0386. The van der Waals surface area contributed by atoms with Crippen molar-refractivity contribution in [3.05, 3.63) is 35.9 Å². The SMILES string of the molecule is Cl.O=C(OCc1ccccc1)N1CCC(CN2CCC3(CC2)CNC3)CC1. The zero-order valence-electron chi connectivity index (χ0n) is 16.1. The number of hydrogen-bond acceptors (Lipinski definition) is 4. The van der Waals surface area contributed by atoms with Crippen LogP contribution in [0.3, 0.4) is 0 Å². The van der Waals surface area contributed by atoms with Crippen LogP contribution in [-0.4, -0.2) is 61.7 Å². The van der Waals surface area contributed by atoms with Crippen LogP contribution in [0, 0.1) is 11.3 Å². The first-order chi connectivity index (χ1) is 12.7. The Morgan fingerprint density at radius 2 is 1.74 bits per heavy atom. The predicted octanol–water partition coefficient (Wildman–Crippen LogP) is 3.14. The van der Waals surface area contributed by atoms with Gasteiger partial charge < -0.3 is 19.9 Å². The van der Waals surface area contributed by atoms with Crippen LogP contribution in [0.2, 0.25) is 0 Å². The summed E-state index contributed by atoms with van der Waals surface area (Å²) in [6.07, 6.45) is 4.74. The molecule has 1 aromatic rings. The summed E-state index contributed by atoms with van der Waals surface area (Å²) in [6.45, 7) is 8.19. The minimum Gasteiger partial charge on any atom is -0.445 e. The zero-order chi connectivity index (χ0) is 17.8. The number of ether oxygens (including phenoxy) is 1. The lowest BCUT2D eigenvalue weighted by atomic mass is 9.73. The van der Waals surface area contributed by atoms with Gasteiger partial charge in [0.15, 0.2) is 0 Å². The number of piperidine rings is 2. The lowest BCUT2D eigenvalue weighted by Crippen LogP contribution is -2.58. The van der Waals surface area contributed by atoms with Crippen molar-refractivity contribution in [3.8, 4) is 0 Å². The third-order valence-corrected chi connectivity index (χ3v) is 6.51. The summed E-state index contributed by atoms with van der Waals surface area (Å²) in [4.78, 5) is 16.8. The summed E-state index contributed by atoms with van der Waals surface area (Å²) in [5.74, 6) is 0.724. The first-order valence-corrected chi connectivity index (χ1v) is 10.1. The van der Waals surface area contributed by atoms with E-state index in [0.29, 0.717) is 12.0 Å². The highest BCUT2D eigenvalue weighted by Gasteiger charge is 2.39. The number of hydrogen-bond donors (Lipinski definition) is 1. The van der Waals surface area contributed by atoms with Gasteiger partial charge in [-0.25, -0.2) is 4.79 Å². The van der Waals surface area contributed by atoms with E-state index in [-0.39, 0.29) is 18.5 Å². The van der Waals surface area contributed by atoms with Crippen molar-refractivity contribution >= 4 is 18.5 Å². The van der Waals surface area contributed by atoms with Gasteiger partial charge in [0.25, 0.3) is 0 Å². The number of amides is 1. The molecule has 0 radical (unpaired) electrons. The van der Waals surface area contributed by atoms with Crippen molar-refractivity contribution in [2.75, 3.05) is 45.8 Å². The van der Waals surface area contributed by atoms with E-state index in [4.69, 9.17) is 4.74 Å². The van der Waals surface area contributed by atoms with Gasteiger partial charge in [-0.15, -0.1) is 12.4 Å². The second kappa shape index (κ2) is 9.26. The molecule has 0 bridgehead atoms. The zero-order valence-corrected chi connectivity index (χ0v) is 16.9. The van der Waals surface area contributed by atoms with Crippen LogP contribution in [0.25, 0.3) is 0 Å². The van der Waals surface area contributed by atoms with E-state index in [2.05, 4.69) is 10.2 Å². The normalized spacial score (nSPS) is 22.7. The fourth-order valence-electron chi connectivity index (χ4n) is 4.52. The fraction of sp³-hybridized carbons (Fsp3) is 0.667. The summed E-state index contributed by atoms with van der Waals surface area (Å²) in [6, 6.07) is 9.89. The number of carbonyl (C=O) groups excluding carboxylic acids is 1. The van der Waals surface area contributed by atoms with Crippen LogP contribution < -0.4 is 5.32 Å². The molecule has 0 atom stereocenters. The van der Waals surface area contributed by atoms with Gasteiger partial charge >= 0.3 is 6.09 Å². The molecule has 3 heterocycles. The topological polar surface area (TPSA) is 44.8 Å². The van der Waals surface area contributed by atoms with E-state index >= 15 is 0 Å². The van der Waals surface area contributed by atoms with Crippen molar-refractivity contribution in [3.63, 3.8) is 0 Å². The number of benzene rings is 1. The molecule has 6 heteroatoms. The van der Waals surface area contributed by atoms with E-state index < -0.39 is 0 Å². The molecule has 27 heavy (non-hydrogen) atoms. The van der Waals surface area contributed by atoms with Crippen molar-refractivity contribution in [2.45, 2.75) is 32.3 Å². The Balaban J connectivity index is 0.00000210. The third-order valence-electron chi connectivity index (χ3n) is 6.51. The second-order valence-electron chi connectivity index (χ2n) is 8.37. The number of carbonyl (C=O) groups is 1. The number of rotatable bonds is 4. The van der Waals surface area contributed by atoms with Crippen LogP contribution in [-0.2, 0) is 11.3 Å². The monoisotopic (exact) mass is 393 g/mol. The van der Waals surface area contributed by atoms with Crippen LogP contribution >= 0.6 is 12.4 Å². The summed E-state index contributed by atoms with van der Waals surface area (Å²) in [7, 11) is 0. The Hall–Kier alpha value is -1.30. The molecule has 3 fully saturated rings. The first-order valence-electron chi connectivity index (χ1n) is 10.1. The maximum absolute atomic E-state index is 12.3. The highest BCUT2D eigenvalue weighted by molar-refractivity contribution is 5.85. The molecule has 5 nitrogen and oxygen atoms in total. The van der Waals surface area contributed by atoms with Gasteiger partial charge in [-0.2, -0.15) is 0 Å². The molecule has 0 saturated carbocycles. The fourth-order valence-corrected chi connectivity index (χ4v) is 4.52. The van der Waals surface area contributed by atoms with E-state index in [1.54, 1.807) is 0 Å². The van der Waals surface area contributed by atoms with Gasteiger partial charge in [0.2, 0.25) is 0 Å². The van der Waals surface area contributed by atoms with Crippen LogP contribution in [0.15, 0.2) is 30.3 Å². The number of halogens is 1. The molecule has 0 aromatic heterocycles. The van der Waals surface area contributed by atoms with E-state index in [1.165, 1.54) is 45.6 Å². The van der Waals surface area contributed by atoms with E-state index in [9.17, 15) is 4.79 Å². The van der Waals surface area contributed by atoms with Gasteiger partial charge in [-0.05, 0) is 55.7 Å². The van der Waals surface area contributed by atoms with Gasteiger partial charge in [0.1, 0.15) is 6.61 Å². The molecular formula is C21H32ClN3O2. The molecule has 3 saturated heterocycles. The van der Waals surface area contributed by atoms with Gasteiger partial charge in [-0.1, -0.05) is 30.3 Å². The Kier molecular flexibility index (Phi) is 7.01. The summed E-state index contributed by atoms with van der Waals surface area (Å²) < 4.78 is 5.47. The van der Waals surface area contributed by atoms with Crippen molar-refractivity contribution in [1.29, 1.82) is 0 Å². The Morgan fingerprint density at radius 1 is 1.07 bits per heavy atom. The minimum absolute atomic E-state index is 0. The molecule has 3 aliphatic heterocycles. The molecule has 0 aliphatic carbocycles. The van der Waals surface area contributed by atoms with Crippen LogP contribution in [0.1, 0.15) is 31.2 Å².